The van der Waals surface area contributed by atoms with Gasteiger partial charge in [-0.15, -0.1) is 0 Å². The fourth-order valence-electron chi connectivity index (χ4n) is 1.73. The van der Waals surface area contributed by atoms with Crippen molar-refractivity contribution in [2.45, 2.75) is 71.3 Å². The van der Waals surface area contributed by atoms with Crippen molar-refractivity contribution in [3.63, 3.8) is 0 Å². The smallest absolute Gasteiger partial charge is 0.135 e. The summed E-state index contributed by atoms with van der Waals surface area (Å²) in [6.45, 7) is 0. The number of halogens is 4. The van der Waals surface area contributed by atoms with Crippen LogP contribution in [0.4, 0.5) is 0 Å². The predicted molar refractivity (Wildman–Crippen MR) is 92.6 cm³/mol. The Morgan fingerprint density at radius 3 is 1.59 bits per heavy atom. The Balaban J connectivity index is 3.04. The number of nitrogens with two attached hydrogens (primary N) is 1. The molecule has 2 N–H and O–H groups in total. The highest BCUT2D eigenvalue weighted by Gasteiger charge is 2.15. The van der Waals surface area contributed by atoms with Crippen molar-refractivity contribution in [1.82, 2.24) is 0 Å². The average molecular weight is 501 g/mol. The van der Waals surface area contributed by atoms with Gasteiger partial charge in [-0.1, -0.05) is 115 Å². The molecule has 17 heavy (non-hydrogen) atoms. The van der Waals surface area contributed by atoms with Gasteiger partial charge in [0.2, 0.25) is 0 Å². The minimum absolute atomic E-state index is 0.0402. The van der Waals surface area contributed by atoms with E-state index in [1.807, 2.05) is 0 Å². The summed E-state index contributed by atoms with van der Waals surface area (Å²) in [7, 11) is 0. The zero-order valence-corrected chi connectivity index (χ0v) is 16.6. The molecule has 0 saturated carbocycles. The van der Waals surface area contributed by atoms with Gasteiger partial charge >= 0.3 is 0 Å². The largest absolute Gasteiger partial charge is 0.319 e. The monoisotopic (exact) mass is 497 g/mol. The molecule has 0 saturated heterocycles. The molecule has 0 aromatic heterocycles. The molecule has 0 radical (unpaired) electrons. The van der Waals surface area contributed by atoms with E-state index < -0.39 is 0 Å². The summed E-state index contributed by atoms with van der Waals surface area (Å²) in [6.07, 6.45) is 12.9. The lowest BCUT2D eigenvalue weighted by Crippen LogP contribution is -2.09. The van der Waals surface area contributed by atoms with Crippen molar-refractivity contribution in [3.05, 3.63) is 0 Å². The first-order chi connectivity index (χ1) is 7.92. The lowest BCUT2D eigenvalue weighted by atomic mass is 10.1. The van der Waals surface area contributed by atoms with Gasteiger partial charge in [0.1, 0.15) is 2.14 Å². The van der Waals surface area contributed by atoms with E-state index in [9.17, 15) is 0 Å². The zero-order chi connectivity index (χ0) is 13.1. The van der Waals surface area contributed by atoms with Gasteiger partial charge in [0.25, 0.3) is 0 Å². The Labute approximate surface area is 140 Å². The first-order valence-electron chi connectivity index (χ1n) is 6.38. The van der Waals surface area contributed by atoms with Crippen molar-refractivity contribution in [2.75, 3.05) is 0 Å². The van der Waals surface area contributed by atoms with Crippen molar-refractivity contribution >= 4 is 63.7 Å². The molecule has 0 aliphatic heterocycles. The second-order valence-electron chi connectivity index (χ2n) is 4.50. The predicted octanol–water partition coefficient (Wildman–Crippen LogP) is 6.41. The quantitative estimate of drug-likeness (QED) is 0.209. The van der Waals surface area contributed by atoms with Crippen molar-refractivity contribution in [1.29, 1.82) is 0 Å². The van der Waals surface area contributed by atoms with Crippen LogP contribution in [0.5, 0.6) is 0 Å². The number of hydrogen-bond acceptors (Lipinski definition) is 1. The van der Waals surface area contributed by atoms with Crippen LogP contribution in [0.2, 0.25) is 0 Å². The van der Waals surface area contributed by atoms with Gasteiger partial charge in [0.05, 0.1) is 4.95 Å². The number of rotatable bonds is 10. The first-order valence-corrected chi connectivity index (χ1v) is 9.67. The van der Waals surface area contributed by atoms with Crippen LogP contribution in [0.1, 0.15) is 64.2 Å². The Kier molecular flexibility index (Phi) is 13.0. The molecule has 0 bridgehead atoms. The average Bonchev–Trinajstić information content (AvgIpc) is 2.18. The van der Waals surface area contributed by atoms with E-state index in [0.29, 0.717) is 0 Å². The van der Waals surface area contributed by atoms with Crippen LogP contribution in [0.15, 0.2) is 0 Å². The van der Waals surface area contributed by atoms with Gasteiger partial charge in [-0.25, -0.2) is 0 Å². The summed E-state index contributed by atoms with van der Waals surface area (Å²) < 4.78 is -0.0402. The van der Waals surface area contributed by atoms with Gasteiger partial charge in [0.15, 0.2) is 0 Å². The summed E-state index contributed by atoms with van der Waals surface area (Å²) in [5.74, 6) is 0. The van der Waals surface area contributed by atoms with E-state index >= 15 is 0 Å². The van der Waals surface area contributed by atoms with E-state index in [4.69, 9.17) is 5.73 Å². The molecule has 5 heteroatoms. The van der Waals surface area contributed by atoms with E-state index in [0.717, 1.165) is 12.8 Å². The van der Waals surface area contributed by atoms with Crippen LogP contribution < -0.4 is 5.73 Å². The summed E-state index contributed by atoms with van der Waals surface area (Å²) >= 11 is 13.9. The van der Waals surface area contributed by atoms with Crippen LogP contribution in [-0.2, 0) is 0 Å². The van der Waals surface area contributed by atoms with E-state index in [2.05, 4.69) is 63.7 Å². The van der Waals surface area contributed by atoms with E-state index in [1.165, 1.54) is 51.4 Å². The highest BCUT2D eigenvalue weighted by molar-refractivity contribution is 9.39. The van der Waals surface area contributed by atoms with Crippen LogP contribution >= 0.6 is 63.7 Å². The molecule has 0 heterocycles. The molecule has 1 unspecified atom stereocenters. The molecule has 0 fully saturated rings. The minimum Gasteiger partial charge on any atom is -0.319 e. The molecule has 0 rings (SSSR count). The summed E-state index contributed by atoms with van der Waals surface area (Å²) in [5.41, 5.74) is 5.63. The maximum absolute atomic E-state index is 5.63. The second-order valence-corrected chi connectivity index (χ2v) is 12.9. The molecule has 1 nitrogen and oxygen atoms in total. The van der Waals surface area contributed by atoms with Gasteiger partial charge in [0, 0.05) is 0 Å². The van der Waals surface area contributed by atoms with Crippen LogP contribution in [0, 0.1) is 0 Å². The fraction of sp³-hybridized carbons (Fsp3) is 1.00. The second kappa shape index (κ2) is 11.7. The number of hydrogen-bond donors (Lipinski definition) is 1. The lowest BCUT2D eigenvalue weighted by molar-refractivity contribution is 0.554. The number of unbranched alkanes of at least 4 members (excludes halogenated alkanes) is 7. The Bertz CT molecular complexity index is 168. The molecule has 0 aliphatic carbocycles. The topological polar surface area (TPSA) is 26.0 Å². The van der Waals surface area contributed by atoms with Gasteiger partial charge in [-0.05, 0) is 12.8 Å². The third-order valence-corrected chi connectivity index (χ3v) is 4.34. The Hall–Kier alpha value is 1.88. The zero-order valence-electron chi connectivity index (χ0n) is 10.2. The number of alkyl halides is 4. The first kappa shape index (κ1) is 18.9. The van der Waals surface area contributed by atoms with Gasteiger partial charge < -0.3 is 5.73 Å². The van der Waals surface area contributed by atoms with E-state index in [-0.39, 0.29) is 7.09 Å². The molecule has 1 atom stereocenters. The molecule has 0 aromatic carbocycles. The maximum atomic E-state index is 5.63. The molecule has 0 aliphatic rings. The minimum atomic E-state index is -0.0402. The molecule has 0 spiro atoms. The molecule has 104 valence electrons. The normalized spacial score (nSPS) is 13.9. The molecule has 0 amide bonds. The van der Waals surface area contributed by atoms with Crippen LogP contribution in [-0.4, -0.2) is 7.09 Å². The highest BCUT2D eigenvalue weighted by atomic mass is 80.0. The molecule has 0 aromatic rings. The SMILES string of the molecule is NC(Br)CCCCCCCCCCC(Br)(Br)Br. The van der Waals surface area contributed by atoms with Crippen molar-refractivity contribution in [2.24, 2.45) is 5.73 Å². The summed E-state index contributed by atoms with van der Waals surface area (Å²) in [4.78, 5) is 0.195. The fourth-order valence-corrected chi connectivity index (χ4v) is 2.89. The molecular weight excluding hydrogens is 478 g/mol. The summed E-state index contributed by atoms with van der Waals surface area (Å²) in [5, 5.41) is 0. The molecular formula is C12H23Br4N. The summed E-state index contributed by atoms with van der Waals surface area (Å²) in [6, 6.07) is 0. The van der Waals surface area contributed by atoms with Crippen LogP contribution in [0.25, 0.3) is 0 Å². The van der Waals surface area contributed by atoms with Gasteiger partial charge in [-0.2, -0.15) is 0 Å². The Morgan fingerprint density at radius 2 is 1.18 bits per heavy atom. The van der Waals surface area contributed by atoms with Gasteiger partial charge in [-0.3, -0.25) is 0 Å². The lowest BCUT2D eigenvalue weighted by Gasteiger charge is -2.10. The highest BCUT2D eigenvalue weighted by Crippen LogP contribution is 2.38. The third-order valence-electron chi connectivity index (χ3n) is 2.69. The maximum Gasteiger partial charge on any atom is 0.135 e. The van der Waals surface area contributed by atoms with E-state index in [1.54, 1.807) is 0 Å². The Morgan fingerprint density at radius 1 is 0.765 bits per heavy atom. The van der Waals surface area contributed by atoms with Crippen molar-refractivity contribution < 1.29 is 0 Å². The standard InChI is InChI=1S/C12H23Br4N/c13-11(17)9-7-5-3-1-2-4-6-8-10-12(14,15)16/h11H,1-10,17H2. The van der Waals surface area contributed by atoms with Crippen LogP contribution in [0.3, 0.4) is 0 Å². The third kappa shape index (κ3) is 17.9. The van der Waals surface area contributed by atoms with Crippen molar-refractivity contribution in [3.8, 4) is 0 Å².